The first-order valence-corrected chi connectivity index (χ1v) is 8.77. The van der Waals surface area contributed by atoms with Gasteiger partial charge in [0.2, 0.25) is 0 Å². The van der Waals surface area contributed by atoms with Crippen molar-refractivity contribution < 1.29 is 14.3 Å². The van der Waals surface area contributed by atoms with Crippen LogP contribution in [0.5, 0.6) is 5.75 Å². The van der Waals surface area contributed by atoms with E-state index in [0.29, 0.717) is 5.92 Å². The summed E-state index contributed by atoms with van der Waals surface area (Å²) < 4.78 is 11.4. The number of aryl methyl sites for hydroxylation is 1. The van der Waals surface area contributed by atoms with Crippen LogP contribution in [0, 0.1) is 5.92 Å². The molecule has 1 heterocycles. The molecule has 2 aliphatic rings. The van der Waals surface area contributed by atoms with Gasteiger partial charge in [-0.05, 0) is 43.2 Å². The van der Waals surface area contributed by atoms with Crippen LogP contribution in [0.25, 0.3) is 0 Å². The van der Waals surface area contributed by atoms with E-state index < -0.39 is 0 Å². The highest BCUT2D eigenvalue weighted by atomic mass is 16.5. The standard InChI is InChI=1S/C19H27NO3/c1-14-6-3-9-16(12-14)23-13-18(21)20-11-5-8-15-7-4-10-17(22-2)19(15)20/h4,7,10,14,16H,3,5-6,8-9,11-13H2,1-2H3. The van der Waals surface area contributed by atoms with Gasteiger partial charge in [-0.3, -0.25) is 4.79 Å². The molecule has 1 aliphatic heterocycles. The molecule has 23 heavy (non-hydrogen) atoms. The van der Waals surface area contributed by atoms with Gasteiger partial charge in [-0.25, -0.2) is 0 Å². The van der Waals surface area contributed by atoms with Gasteiger partial charge in [0.05, 0.1) is 18.9 Å². The van der Waals surface area contributed by atoms with Gasteiger partial charge in [0.25, 0.3) is 5.91 Å². The number of nitrogens with zero attached hydrogens (tertiary/aromatic N) is 1. The predicted molar refractivity (Wildman–Crippen MR) is 91.0 cm³/mol. The van der Waals surface area contributed by atoms with Crippen LogP contribution in [0.3, 0.4) is 0 Å². The summed E-state index contributed by atoms with van der Waals surface area (Å²) in [7, 11) is 1.66. The smallest absolute Gasteiger partial charge is 0.253 e. The van der Waals surface area contributed by atoms with E-state index in [2.05, 4.69) is 13.0 Å². The molecule has 2 unspecified atom stereocenters. The number of anilines is 1. The van der Waals surface area contributed by atoms with Gasteiger partial charge in [0, 0.05) is 6.54 Å². The van der Waals surface area contributed by atoms with Gasteiger partial charge >= 0.3 is 0 Å². The van der Waals surface area contributed by atoms with E-state index in [4.69, 9.17) is 9.47 Å². The van der Waals surface area contributed by atoms with E-state index in [-0.39, 0.29) is 18.6 Å². The lowest BCUT2D eigenvalue weighted by atomic mass is 9.89. The molecule has 1 fully saturated rings. The van der Waals surface area contributed by atoms with Crippen molar-refractivity contribution in [3.05, 3.63) is 23.8 Å². The molecular formula is C19H27NO3. The molecule has 0 bridgehead atoms. The van der Waals surface area contributed by atoms with Gasteiger partial charge in [-0.1, -0.05) is 31.9 Å². The normalized spacial score (nSPS) is 24.2. The molecule has 1 amide bonds. The Balaban J connectivity index is 1.67. The van der Waals surface area contributed by atoms with Crippen molar-refractivity contribution in [2.24, 2.45) is 5.92 Å². The Morgan fingerprint density at radius 1 is 1.30 bits per heavy atom. The van der Waals surface area contributed by atoms with E-state index in [1.165, 1.54) is 18.4 Å². The molecule has 126 valence electrons. The molecule has 2 atom stereocenters. The van der Waals surface area contributed by atoms with Crippen molar-refractivity contribution >= 4 is 11.6 Å². The second-order valence-corrected chi connectivity index (χ2v) is 6.82. The van der Waals surface area contributed by atoms with Gasteiger partial charge in [-0.2, -0.15) is 0 Å². The highest BCUT2D eigenvalue weighted by molar-refractivity contribution is 5.97. The zero-order valence-electron chi connectivity index (χ0n) is 14.2. The molecule has 0 spiro atoms. The minimum absolute atomic E-state index is 0.0497. The lowest BCUT2D eigenvalue weighted by Crippen LogP contribution is -2.39. The van der Waals surface area contributed by atoms with Crippen molar-refractivity contribution in [1.82, 2.24) is 0 Å². The first-order valence-electron chi connectivity index (χ1n) is 8.77. The van der Waals surface area contributed by atoms with Crippen LogP contribution < -0.4 is 9.64 Å². The topological polar surface area (TPSA) is 38.8 Å². The number of para-hydroxylation sites is 1. The van der Waals surface area contributed by atoms with Crippen molar-refractivity contribution in [2.45, 2.75) is 51.6 Å². The van der Waals surface area contributed by atoms with Crippen molar-refractivity contribution in [2.75, 3.05) is 25.2 Å². The van der Waals surface area contributed by atoms with Gasteiger partial charge < -0.3 is 14.4 Å². The number of benzene rings is 1. The minimum Gasteiger partial charge on any atom is -0.495 e. The number of rotatable bonds is 4. The number of carbonyl (C=O) groups excluding carboxylic acids is 1. The van der Waals surface area contributed by atoms with Crippen LogP contribution in [0.1, 0.15) is 44.6 Å². The van der Waals surface area contributed by atoms with E-state index >= 15 is 0 Å². The lowest BCUT2D eigenvalue weighted by molar-refractivity contribution is -0.126. The van der Waals surface area contributed by atoms with Gasteiger partial charge in [-0.15, -0.1) is 0 Å². The summed E-state index contributed by atoms with van der Waals surface area (Å²) in [6, 6.07) is 6.00. The number of amides is 1. The lowest BCUT2D eigenvalue weighted by Gasteiger charge is -2.32. The Kier molecular flexibility index (Phi) is 5.21. The first kappa shape index (κ1) is 16.3. The number of hydrogen-bond donors (Lipinski definition) is 0. The van der Waals surface area contributed by atoms with Crippen molar-refractivity contribution in [3.63, 3.8) is 0 Å². The van der Waals surface area contributed by atoms with Crippen LogP contribution in [0.15, 0.2) is 18.2 Å². The van der Waals surface area contributed by atoms with Crippen molar-refractivity contribution in [3.8, 4) is 5.75 Å². The summed E-state index contributed by atoms with van der Waals surface area (Å²) in [5.41, 5.74) is 2.13. The summed E-state index contributed by atoms with van der Waals surface area (Å²) in [5.74, 6) is 1.54. The highest BCUT2D eigenvalue weighted by Crippen LogP contribution is 2.36. The molecule has 1 aliphatic carbocycles. The molecule has 0 radical (unpaired) electrons. The van der Waals surface area contributed by atoms with Crippen LogP contribution >= 0.6 is 0 Å². The van der Waals surface area contributed by atoms with Crippen LogP contribution in [-0.2, 0) is 16.0 Å². The highest BCUT2D eigenvalue weighted by Gasteiger charge is 2.27. The fourth-order valence-electron chi connectivity index (χ4n) is 3.83. The molecule has 1 aromatic rings. The number of fused-ring (bicyclic) bond motifs is 1. The Bertz CT molecular complexity index is 543. The fraction of sp³-hybridized carbons (Fsp3) is 0.632. The summed E-state index contributed by atoms with van der Waals surface area (Å²) in [5, 5.41) is 0. The summed E-state index contributed by atoms with van der Waals surface area (Å²) in [6.07, 6.45) is 6.88. The number of hydrogen-bond acceptors (Lipinski definition) is 3. The Hall–Kier alpha value is -1.55. The van der Waals surface area contributed by atoms with Crippen LogP contribution in [0.4, 0.5) is 5.69 Å². The molecule has 1 aromatic carbocycles. The zero-order valence-corrected chi connectivity index (χ0v) is 14.2. The molecule has 3 rings (SSSR count). The third-order valence-corrected chi connectivity index (χ3v) is 5.03. The zero-order chi connectivity index (χ0) is 16.2. The SMILES string of the molecule is COc1cccc2c1N(C(=O)COC1CCCC(C)C1)CCC2. The monoisotopic (exact) mass is 317 g/mol. The second kappa shape index (κ2) is 7.35. The summed E-state index contributed by atoms with van der Waals surface area (Å²) in [6.45, 7) is 3.19. The second-order valence-electron chi connectivity index (χ2n) is 6.82. The molecule has 0 aromatic heterocycles. The van der Waals surface area contributed by atoms with E-state index in [9.17, 15) is 4.79 Å². The van der Waals surface area contributed by atoms with E-state index in [1.54, 1.807) is 7.11 Å². The maximum absolute atomic E-state index is 12.7. The Morgan fingerprint density at radius 3 is 2.96 bits per heavy atom. The van der Waals surface area contributed by atoms with Crippen LogP contribution in [0.2, 0.25) is 0 Å². The molecule has 0 N–H and O–H groups in total. The Morgan fingerprint density at radius 2 is 2.17 bits per heavy atom. The van der Waals surface area contributed by atoms with Gasteiger partial charge in [0.15, 0.2) is 0 Å². The largest absolute Gasteiger partial charge is 0.495 e. The minimum atomic E-state index is 0.0497. The summed E-state index contributed by atoms with van der Waals surface area (Å²) in [4.78, 5) is 14.5. The number of ether oxygens (including phenoxy) is 2. The van der Waals surface area contributed by atoms with E-state index in [1.807, 2.05) is 17.0 Å². The average Bonchev–Trinajstić information content (AvgIpc) is 2.58. The average molecular weight is 317 g/mol. The molecule has 1 saturated carbocycles. The van der Waals surface area contributed by atoms with Gasteiger partial charge in [0.1, 0.15) is 12.4 Å². The molecule has 4 nitrogen and oxygen atoms in total. The Labute approximate surface area is 138 Å². The quantitative estimate of drug-likeness (QED) is 0.852. The maximum Gasteiger partial charge on any atom is 0.253 e. The van der Waals surface area contributed by atoms with Crippen LogP contribution in [-0.4, -0.2) is 32.3 Å². The molecule has 0 saturated heterocycles. The third-order valence-electron chi connectivity index (χ3n) is 5.03. The predicted octanol–water partition coefficient (Wildman–Crippen LogP) is 3.57. The van der Waals surface area contributed by atoms with Crippen molar-refractivity contribution in [1.29, 1.82) is 0 Å². The first-order chi connectivity index (χ1) is 11.2. The number of carbonyl (C=O) groups is 1. The molecule has 4 heteroatoms. The van der Waals surface area contributed by atoms with E-state index in [0.717, 1.165) is 43.7 Å². The summed E-state index contributed by atoms with van der Waals surface area (Å²) >= 11 is 0. The molecular weight excluding hydrogens is 290 g/mol. The maximum atomic E-state index is 12.7. The fourth-order valence-corrected chi connectivity index (χ4v) is 3.83. The third kappa shape index (κ3) is 3.69. The number of methoxy groups -OCH3 is 1.